The lowest BCUT2D eigenvalue weighted by molar-refractivity contribution is 0.628. The van der Waals surface area contributed by atoms with Crippen molar-refractivity contribution in [2.45, 2.75) is 0 Å². The summed E-state index contributed by atoms with van der Waals surface area (Å²) in [5.74, 6) is -0.326. The highest BCUT2D eigenvalue weighted by Gasteiger charge is 2.05. The van der Waals surface area contributed by atoms with Gasteiger partial charge >= 0.3 is 0 Å². The van der Waals surface area contributed by atoms with Gasteiger partial charge in [0.2, 0.25) is 0 Å². The molecule has 0 aliphatic heterocycles. The number of hydrogen-bond acceptors (Lipinski definition) is 2. The number of halogens is 3. The predicted molar refractivity (Wildman–Crippen MR) is 75.9 cm³/mol. The van der Waals surface area contributed by atoms with Crippen LogP contribution >= 0.6 is 31.9 Å². The highest BCUT2D eigenvalue weighted by molar-refractivity contribution is 9.11. The molecule has 2 aromatic rings. The lowest BCUT2D eigenvalue weighted by Gasteiger charge is -2.11. The monoisotopic (exact) mass is 358 g/mol. The molecule has 0 fully saturated rings. The van der Waals surface area contributed by atoms with E-state index in [2.05, 4.69) is 37.2 Å². The molecular formula is C12H9Br2FN2. The Hall–Kier alpha value is -1.07. The summed E-state index contributed by atoms with van der Waals surface area (Å²) < 4.78 is 14.9. The van der Waals surface area contributed by atoms with Gasteiger partial charge in [0, 0.05) is 8.95 Å². The Balaban J connectivity index is 2.37. The maximum Gasteiger partial charge on any atom is 0.125 e. The fourth-order valence-electron chi connectivity index (χ4n) is 1.38. The van der Waals surface area contributed by atoms with E-state index in [0.717, 1.165) is 14.6 Å². The summed E-state index contributed by atoms with van der Waals surface area (Å²) in [6.45, 7) is 0. The number of benzene rings is 2. The fraction of sp³-hybridized carbons (Fsp3) is 0. The van der Waals surface area contributed by atoms with Crippen LogP contribution in [0.1, 0.15) is 0 Å². The van der Waals surface area contributed by atoms with Crippen molar-refractivity contribution in [1.82, 2.24) is 0 Å². The minimum Gasteiger partial charge on any atom is -0.397 e. The molecule has 0 bridgehead atoms. The molecule has 0 aliphatic rings. The van der Waals surface area contributed by atoms with E-state index in [-0.39, 0.29) is 5.82 Å². The molecule has 3 N–H and O–H groups in total. The lowest BCUT2D eigenvalue weighted by Crippen LogP contribution is -1.97. The zero-order chi connectivity index (χ0) is 12.4. The Kier molecular flexibility index (Phi) is 3.69. The molecule has 0 saturated heterocycles. The third kappa shape index (κ3) is 2.98. The van der Waals surface area contributed by atoms with Crippen molar-refractivity contribution in [1.29, 1.82) is 0 Å². The quantitative estimate of drug-likeness (QED) is 0.764. The Bertz CT molecular complexity index is 509. The molecule has 0 aliphatic carbocycles. The van der Waals surface area contributed by atoms with Crippen molar-refractivity contribution in [3.05, 3.63) is 51.2 Å². The van der Waals surface area contributed by atoms with Crippen LogP contribution in [0.25, 0.3) is 0 Å². The molecule has 5 heteroatoms. The summed E-state index contributed by atoms with van der Waals surface area (Å²) in [4.78, 5) is 0. The average molecular weight is 360 g/mol. The van der Waals surface area contributed by atoms with Crippen LogP contribution in [-0.4, -0.2) is 0 Å². The van der Waals surface area contributed by atoms with Crippen LogP contribution in [0.5, 0.6) is 0 Å². The molecule has 0 radical (unpaired) electrons. The molecule has 0 amide bonds. The SMILES string of the molecule is Nc1ccc(F)cc1Nc1cc(Br)ccc1Br. The van der Waals surface area contributed by atoms with E-state index in [4.69, 9.17) is 5.73 Å². The Labute approximate surface area is 115 Å². The van der Waals surface area contributed by atoms with E-state index >= 15 is 0 Å². The summed E-state index contributed by atoms with van der Waals surface area (Å²) in [5.41, 5.74) is 7.63. The molecule has 0 spiro atoms. The normalized spacial score (nSPS) is 10.3. The first-order valence-corrected chi connectivity index (χ1v) is 6.42. The Morgan fingerprint density at radius 3 is 2.53 bits per heavy atom. The van der Waals surface area contributed by atoms with E-state index in [1.807, 2.05) is 18.2 Å². The van der Waals surface area contributed by atoms with Crippen molar-refractivity contribution in [2.75, 3.05) is 11.1 Å². The molecule has 0 heterocycles. The third-order valence-electron chi connectivity index (χ3n) is 2.21. The van der Waals surface area contributed by atoms with Gasteiger partial charge in [-0.15, -0.1) is 0 Å². The summed E-state index contributed by atoms with van der Waals surface area (Å²) in [6.07, 6.45) is 0. The molecular weight excluding hydrogens is 351 g/mol. The van der Waals surface area contributed by atoms with Gasteiger partial charge in [0.15, 0.2) is 0 Å². The molecule has 2 aromatic carbocycles. The van der Waals surface area contributed by atoms with Crippen molar-refractivity contribution < 1.29 is 4.39 Å². The number of rotatable bonds is 2. The largest absolute Gasteiger partial charge is 0.397 e. The van der Waals surface area contributed by atoms with Gasteiger partial charge in [0.1, 0.15) is 5.82 Å². The van der Waals surface area contributed by atoms with Gasteiger partial charge in [-0.25, -0.2) is 4.39 Å². The zero-order valence-corrected chi connectivity index (χ0v) is 11.8. The Morgan fingerprint density at radius 2 is 1.76 bits per heavy atom. The smallest absolute Gasteiger partial charge is 0.125 e. The molecule has 2 rings (SSSR count). The van der Waals surface area contributed by atoms with E-state index in [1.165, 1.54) is 18.2 Å². The van der Waals surface area contributed by atoms with E-state index in [9.17, 15) is 4.39 Å². The molecule has 2 nitrogen and oxygen atoms in total. The highest BCUT2D eigenvalue weighted by Crippen LogP contribution is 2.31. The molecule has 88 valence electrons. The first-order valence-electron chi connectivity index (χ1n) is 4.83. The number of anilines is 3. The third-order valence-corrected chi connectivity index (χ3v) is 3.40. The molecule has 0 unspecified atom stereocenters. The summed E-state index contributed by atoms with van der Waals surface area (Å²) in [7, 11) is 0. The summed E-state index contributed by atoms with van der Waals surface area (Å²) in [5, 5.41) is 3.08. The minimum absolute atomic E-state index is 0.326. The fourth-order valence-corrected chi connectivity index (χ4v) is 2.08. The number of nitrogens with two attached hydrogens (primary N) is 1. The molecule has 0 atom stereocenters. The van der Waals surface area contributed by atoms with E-state index in [1.54, 1.807) is 0 Å². The van der Waals surface area contributed by atoms with E-state index < -0.39 is 0 Å². The van der Waals surface area contributed by atoms with E-state index in [0.29, 0.717) is 11.4 Å². The van der Waals surface area contributed by atoms with Crippen LogP contribution in [0.4, 0.5) is 21.5 Å². The van der Waals surface area contributed by atoms with Gasteiger partial charge in [-0.2, -0.15) is 0 Å². The van der Waals surface area contributed by atoms with Crippen LogP contribution < -0.4 is 11.1 Å². The van der Waals surface area contributed by atoms with Crippen LogP contribution in [0.15, 0.2) is 45.3 Å². The summed E-state index contributed by atoms with van der Waals surface area (Å²) in [6, 6.07) is 9.91. The summed E-state index contributed by atoms with van der Waals surface area (Å²) >= 11 is 6.79. The van der Waals surface area contributed by atoms with Gasteiger partial charge in [-0.3, -0.25) is 0 Å². The molecule has 0 aromatic heterocycles. The van der Waals surface area contributed by atoms with Crippen LogP contribution in [0, 0.1) is 5.82 Å². The number of nitrogen functional groups attached to an aromatic ring is 1. The highest BCUT2D eigenvalue weighted by atomic mass is 79.9. The van der Waals surface area contributed by atoms with Crippen molar-refractivity contribution in [2.24, 2.45) is 0 Å². The molecule has 17 heavy (non-hydrogen) atoms. The topological polar surface area (TPSA) is 38.0 Å². The second kappa shape index (κ2) is 5.06. The number of nitrogens with one attached hydrogen (secondary N) is 1. The van der Waals surface area contributed by atoms with Gasteiger partial charge in [-0.05, 0) is 52.3 Å². The van der Waals surface area contributed by atoms with Gasteiger partial charge in [-0.1, -0.05) is 15.9 Å². The molecule has 0 saturated carbocycles. The second-order valence-corrected chi connectivity index (χ2v) is 5.25. The first kappa shape index (κ1) is 12.4. The minimum atomic E-state index is -0.326. The number of hydrogen-bond donors (Lipinski definition) is 2. The first-order chi connectivity index (χ1) is 8.06. The predicted octanol–water partition coefficient (Wildman–Crippen LogP) is 4.68. The Morgan fingerprint density at radius 1 is 1.00 bits per heavy atom. The lowest BCUT2D eigenvalue weighted by atomic mass is 10.2. The second-order valence-electron chi connectivity index (χ2n) is 3.48. The van der Waals surface area contributed by atoms with Gasteiger partial charge < -0.3 is 11.1 Å². The maximum atomic E-state index is 13.1. The van der Waals surface area contributed by atoms with Gasteiger partial charge in [0.25, 0.3) is 0 Å². The maximum absolute atomic E-state index is 13.1. The van der Waals surface area contributed by atoms with Crippen molar-refractivity contribution >= 4 is 48.9 Å². The van der Waals surface area contributed by atoms with Crippen LogP contribution in [0.2, 0.25) is 0 Å². The van der Waals surface area contributed by atoms with Crippen molar-refractivity contribution in [3.63, 3.8) is 0 Å². The average Bonchev–Trinajstić information content (AvgIpc) is 2.28. The standard InChI is InChI=1S/C12H9Br2FN2/c13-7-1-3-9(14)11(5-7)17-12-6-8(15)2-4-10(12)16/h1-6,17H,16H2. The van der Waals surface area contributed by atoms with Gasteiger partial charge in [0.05, 0.1) is 17.1 Å². The van der Waals surface area contributed by atoms with Crippen molar-refractivity contribution in [3.8, 4) is 0 Å². The van der Waals surface area contributed by atoms with Crippen LogP contribution in [0.3, 0.4) is 0 Å². The van der Waals surface area contributed by atoms with Crippen LogP contribution in [-0.2, 0) is 0 Å². The zero-order valence-electron chi connectivity index (χ0n) is 8.68.